The van der Waals surface area contributed by atoms with Crippen LogP contribution in [0.25, 0.3) is 0 Å². The molecular weight excluding hydrogens is 370 g/mol. The Morgan fingerprint density at radius 1 is 1.07 bits per heavy atom. The maximum atomic E-state index is 11.6. The molecule has 2 aliphatic heterocycles. The highest BCUT2D eigenvalue weighted by Gasteiger charge is 2.54. The molecule has 0 radical (unpaired) electrons. The van der Waals surface area contributed by atoms with Crippen molar-refractivity contribution in [3.8, 4) is 0 Å². The molecule has 5 rings (SSSR count). The van der Waals surface area contributed by atoms with Crippen molar-refractivity contribution in [1.29, 1.82) is 0 Å². The average Bonchev–Trinajstić information content (AvgIpc) is 2.98. The van der Waals surface area contributed by atoms with Gasteiger partial charge in [-0.25, -0.2) is 4.98 Å². The number of hydrogen-bond acceptors (Lipinski definition) is 7. The molecule has 1 aliphatic carbocycles. The van der Waals surface area contributed by atoms with Crippen molar-refractivity contribution in [3.05, 3.63) is 47.7 Å². The summed E-state index contributed by atoms with van der Waals surface area (Å²) in [6.45, 7) is 3.85. The van der Waals surface area contributed by atoms with Gasteiger partial charge in [-0.2, -0.15) is 16.7 Å². The Labute approximate surface area is 170 Å². The topological polar surface area (TPSA) is 78.5 Å². The molecule has 0 saturated carbocycles. The van der Waals surface area contributed by atoms with E-state index < -0.39 is 0 Å². The summed E-state index contributed by atoms with van der Waals surface area (Å²) in [5, 5.41) is 11.6. The second-order valence-corrected chi connectivity index (χ2v) is 9.27. The maximum Gasteiger partial charge on any atom is 0.221 e. The summed E-state index contributed by atoms with van der Waals surface area (Å²) in [5.74, 6) is 3.50. The Kier molecular flexibility index (Phi) is 4.69. The van der Waals surface area contributed by atoms with Gasteiger partial charge in [0.05, 0.1) is 12.1 Å². The van der Waals surface area contributed by atoms with Crippen molar-refractivity contribution in [2.75, 3.05) is 48.3 Å². The summed E-state index contributed by atoms with van der Waals surface area (Å²) in [7, 11) is 0. The summed E-state index contributed by atoms with van der Waals surface area (Å²) in [6.07, 6.45) is 3.21. The number of nitrogens with two attached hydrogens (primary N) is 1. The van der Waals surface area contributed by atoms with Gasteiger partial charge in [0.25, 0.3) is 0 Å². The fourth-order valence-corrected chi connectivity index (χ4v) is 6.26. The number of aliphatic hydroxyl groups excluding tert-OH is 1. The minimum absolute atomic E-state index is 0.123. The molecule has 7 heteroatoms. The minimum Gasteiger partial charge on any atom is -0.390 e. The molecule has 2 atom stereocenters. The first-order chi connectivity index (χ1) is 13.7. The van der Waals surface area contributed by atoms with Crippen LogP contribution in [-0.2, 0) is 5.41 Å². The van der Waals surface area contributed by atoms with Crippen LogP contribution in [-0.4, -0.2) is 63.8 Å². The Morgan fingerprint density at radius 2 is 1.82 bits per heavy atom. The Morgan fingerprint density at radius 3 is 2.57 bits per heavy atom. The van der Waals surface area contributed by atoms with Gasteiger partial charge in [-0.15, -0.1) is 0 Å². The molecule has 3 aliphatic rings. The zero-order chi connectivity index (χ0) is 19.1. The summed E-state index contributed by atoms with van der Waals surface area (Å²) < 4.78 is 0. The van der Waals surface area contributed by atoms with Gasteiger partial charge >= 0.3 is 0 Å². The minimum atomic E-state index is -0.356. The summed E-state index contributed by atoms with van der Waals surface area (Å²) in [4.78, 5) is 13.2. The lowest BCUT2D eigenvalue weighted by Gasteiger charge is -2.44. The van der Waals surface area contributed by atoms with E-state index in [0.717, 1.165) is 56.3 Å². The zero-order valence-corrected chi connectivity index (χ0v) is 16.8. The third-order valence-electron chi connectivity index (χ3n) is 6.76. The van der Waals surface area contributed by atoms with E-state index >= 15 is 0 Å². The predicted molar refractivity (Wildman–Crippen MR) is 114 cm³/mol. The molecule has 0 amide bonds. The molecule has 6 nitrogen and oxygen atoms in total. The van der Waals surface area contributed by atoms with Crippen LogP contribution in [0.4, 0.5) is 11.8 Å². The molecule has 0 bridgehead atoms. The van der Waals surface area contributed by atoms with Crippen molar-refractivity contribution in [2.45, 2.75) is 30.4 Å². The second-order valence-electron chi connectivity index (χ2n) is 8.04. The molecule has 28 heavy (non-hydrogen) atoms. The van der Waals surface area contributed by atoms with Crippen LogP contribution in [0.5, 0.6) is 0 Å². The Balaban J connectivity index is 1.43. The van der Waals surface area contributed by atoms with Gasteiger partial charge in [-0.05, 0) is 30.0 Å². The van der Waals surface area contributed by atoms with Gasteiger partial charge in [-0.3, -0.25) is 4.90 Å². The standard InChI is InChI=1S/C21H27N5OS/c22-20-23-8-5-17(24-20)25-9-6-21(7-10-25)16-4-2-1-3-15(16)18(19(21)27)26-11-13-28-14-12-26/h1-5,8,18-19,27H,6-7,9-14H2,(H2,22,23,24)/t18-,19+/m1/s1. The van der Waals surface area contributed by atoms with E-state index in [4.69, 9.17) is 5.73 Å². The summed E-state index contributed by atoms with van der Waals surface area (Å²) in [6, 6.07) is 10.8. The van der Waals surface area contributed by atoms with E-state index in [-0.39, 0.29) is 17.6 Å². The van der Waals surface area contributed by atoms with Crippen molar-refractivity contribution in [3.63, 3.8) is 0 Å². The molecule has 1 aromatic heterocycles. The lowest BCUT2D eigenvalue weighted by atomic mass is 9.72. The number of aliphatic hydroxyl groups is 1. The van der Waals surface area contributed by atoms with E-state index in [9.17, 15) is 5.11 Å². The number of rotatable bonds is 2. The quantitative estimate of drug-likeness (QED) is 0.803. The van der Waals surface area contributed by atoms with E-state index in [1.165, 1.54) is 11.1 Å². The molecule has 2 aromatic rings. The number of anilines is 2. The van der Waals surface area contributed by atoms with Crippen LogP contribution in [0.15, 0.2) is 36.5 Å². The second kappa shape index (κ2) is 7.21. The van der Waals surface area contributed by atoms with E-state index in [1.807, 2.05) is 17.8 Å². The number of nitrogen functional groups attached to an aromatic ring is 1. The summed E-state index contributed by atoms with van der Waals surface area (Å²) in [5.41, 5.74) is 8.29. The molecule has 3 heterocycles. The molecule has 2 saturated heterocycles. The van der Waals surface area contributed by atoms with Crippen LogP contribution in [0, 0.1) is 0 Å². The average molecular weight is 398 g/mol. The van der Waals surface area contributed by atoms with Crippen LogP contribution in [0.3, 0.4) is 0 Å². The zero-order valence-electron chi connectivity index (χ0n) is 16.0. The lowest BCUT2D eigenvalue weighted by Crippen LogP contribution is -2.51. The van der Waals surface area contributed by atoms with Crippen LogP contribution < -0.4 is 10.6 Å². The first-order valence-corrected chi connectivity index (χ1v) is 11.3. The summed E-state index contributed by atoms with van der Waals surface area (Å²) >= 11 is 2.01. The Bertz CT molecular complexity index is 848. The maximum absolute atomic E-state index is 11.6. The molecule has 148 valence electrons. The van der Waals surface area contributed by atoms with Crippen LogP contribution in [0.2, 0.25) is 0 Å². The molecule has 0 unspecified atom stereocenters. The number of aromatic nitrogens is 2. The Hall–Kier alpha value is -1.83. The lowest BCUT2D eigenvalue weighted by molar-refractivity contribution is 0.00350. The van der Waals surface area contributed by atoms with Gasteiger partial charge in [-0.1, -0.05) is 24.3 Å². The van der Waals surface area contributed by atoms with Gasteiger partial charge in [0, 0.05) is 49.3 Å². The predicted octanol–water partition coefficient (Wildman–Crippen LogP) is 2.06. The molecule has 1 spiro atoms. The number of fused-ring (bicyclic) bond motifs is 2. The van der Waals surface area contributed by atoms with Crippen LogP contribution >= 0.6 is 11.8 Å². The smallest absolute Gasteiger partial charge is 0.221 e. The largest absolute Gasteiger partial charge is 0.390 e. The molecule has 3 N–H and O–H groups in total. The SMILES string of the molecule is Nc1nccc(N2CCC3(CC2)c2ccccc2[C@@H](N2CCSCC2)[C@@H]3O)n1. The van der Waals surface area contributed by atoms with Gasteiger partial charge in [0.15, 0.2) is 0 Å². The highest BCUT2D eigenvalue weighted by atomic mass is 32.2. The number of hydrogen-bond donors (Lipinski definition) is 2. The third kappa shape index (κ3) is 2.88. The van der Waals surface area contributed by atoms with Crippen molar-refractivity contribution in [2.24, 2.45) is 0 Å². The molecular formula is C21H27N5OS. The number of thioether (sulfide) groups is 1. The normalized spacial score (nSPS) is 27.1. The molecule has 1 aromatic carbocycles. The number of benzene rings is 1. The third-order valence-corrected chi connectivity index (χ3v) is 7.70. The van der Waals surface area contributed by atoms with Gasteiger partial charge < -0.3 is 15.7 Å². The van der Waals surface area contributed by atoms with Crippen LogP contribution in [0.1, 0.15) is 30.0 Å². The fourth-order valence-electron chi connectivity index (χ4n) is 5.33. The highest BCUT2D eigenvalue weighted by molar-refractivity contribution is 7.99. The monoisotopic (exact) mass is 397 g/mol. The number of nitrogens with zero attached hydrogens (tertiary/aromatic N) is 4. The fraction of sp³-hybridized carbons (Fsp3) is 0.524. The first kappa shape index (κ1) is 18.2. The number of piperidine rings is 1. The molecule has 2 fully saturated rings. The van der Waals surface area contributed by atoms with Crippen molar-refractivity contribution < 1.29 is 5.11 Å². The highest BCUT2D eigenvalue weighted by Crippen LogP contribution is 2.53. The van der Waals surface area contributed by atoms with E-state index in [0.29, 0.717) is 5.95 Å². The van der Waals surface area contributed by atoms with Gasteiger partial charge in [0.2, 0.25) is 5.95 Å². The van der Waals surface area contributed by atoms with Crippen molar-refractivity contribution >= 4 is 23.5 Å². The van der Waals surface area contributed by atoms with Gasteiger partial charge in [0.1, 0.15) is 5.82 Å². The first-order valence-electron chi connectivity index (χ1n) is 10.1. The van der Waals surface area contributed by atoms with E-state index in [1.54, 1.807) is 6.20 Å². The van der Waals surface area contributed by atoms with E-state index in [2.05, 4.69) is 44.0 Å². The van der Waals surface area contributed by atoms with Crippen molar-refractivity contribution in [1.82, 2.24) is 14.9 Å².